The maximum atomic E-state index is 6.15. The Morgan fingerprint density at radius 2 is 2.11 bits per heavy atom. The smallest absolute Gasteiger partial charge is 0.0697 e. The summed E-state index contributed by atoms with van der Waals surface area (Å²) >= 11 is 0. The van der Waals surface area contributed by atoms with Gasteiger partial charge in [-0.15, -0.1) is 0 Å². The molecule has 0 radical (unpaired) electrons. The van der Waals surface area contributed by atoms with Gasteiger partial charge in [0.05, 0.1) is 5.60 Å². The van der Waals surface area contributed by atoms with E-state index in [1.807, 2.05) is 0 Å². The highest BCUT2D eigenvalue weighted by Gasteiger charge is 2.43. The second kappa shape index (κ2) is 5.10. The van der Waals surface area contributed by atoms with Gasteiger partial charge in [-0.2, -0.15) is 0 Å². The Morgan fingerprint density at radius 1 is 1.33 bits per heavy atom. The van der Waals surface area contributed by atoms with Gasteiger partial charge in [0.25, 0.3) is 0 Å². The van der Waals surface area contributed by atoms with Crippen LogP contribution in [0.15, 0.2) is 0 Å². The van der Waals surface area contributed by atoms with Crippen molar-refractivity contribution < 1.29 is 4.74 Å². The minimum atomic E-state index is 0.253. The van der Waals surface area contributed by atoms with Crippen molar-refractivity contribution in [2.75, 3.05) is 19.7 Å². The van der Waals surface area contributed by atoms with Gasteiger partial charge in [-0.25, -0.2) is 0 Å². The third-order valence-electron chi connectivity index (χ3n) is 5.49. The largest absolute Gasteiger partial charge is 0.375 e. The zero-order chi connectivity index (χ0) is 12.6. The number of hydrogen-bond acceptors (Lipinski definition) is 3. The average molecular weight is 252 g/mol. The molecule has 0 amide bonds. The number of likely N-dealkylation sites (tertiary alicyclic amines) is 1. The van der Waals surface area contributed by atoms with Crippen molar-refractivity contribution in [3.05, 3.63) is 0 Å². The van der Waals surface area contributed by atoms with Crippen molar-refractivity contribution in [3.63, 3.8) is 0 Å². The molecule has 1 saturated carbocycles. The van der Waals surface area contributed by atoms with Gasteiger partial charge in [-0.1, -0.05) is 12.8 Å². The molecule has 3 heteroatoms. The normalized spacial score (nSPS) is 40.7. The molecular weight excluding hydrogens is 224 g/mol. The summed E-state index contributed by atoms with van der Waals surface area (Å²) in [5, 5.41) is 0. The van der Waals surface area contributed by atoms with Crippen molar-refractivity contribution >= 4 is 0 Å². The first kappa shape index (κ1) is 12.9. The van der Waals surface area contributed by atoms with Crippen LogP contribution in [0.1, 0.15) is 51.9 Å². The lowest BCUT2D eigenvalue weighted by molar-refractivity contribution is -0.103. The molecule has 0 aromatic heterocycles. The monoisotopic (exact) mass is 252 g/mol. The number of hydrogen-bond donors (Lipinski definition) is 1. The van der Waals surface area contributed by atoms with Gasteiger partial charge in [0, 0.05) is 25.2 Å². The van der Waals surface area contributed by atoms with Crippen molar-refractivity contribution in [1.29, 1.82) is 0 Å². The van der Waals surface area contributed by atoms with Gasteiger partial charge >= 0.3 is 0 Å². The third-order valence-corrected chi connectivity index (χ3v) is 5.49. The third kappa shape index (κ3) is 2.33. The van der Waals surface area contributed by atoms with Crippen molar-refractivity contribution in [3.8, 4) is 0 Å². The lowest BCUT2D eigenvalue weighted by Crippen LogP contribution is -2.48. The highest BCUT2D eigenvalue weighted by Crippen LogP contribution is 2.42. The van der Waals surface area contributed by atoms with E-state index in [-0.39, 0.29) is 5.60 Å². The van der Waals surface area contributed by atoms with Crippen LogP contribution in [0.2, 0.25) is 0 Å². The van der Waals surface area contributed by atoms with Crippen LogP contribution in [0.25, 0.3) is 0 Å². The second-order valence-corrected chi connectivity index (χ2v) is 6.77. The summed E-state index contributed by atoms with van der Waals surface area (Å²) in [5.74, 6) is 0.724. The molecule has 3 atom stereocenters. The van der Waals surface area contributed by atoms with Crippen LogP contribution in [0.3, 0.4) is 0 Å². The molecule has 0 aromatic carbocycles. The van der Waals surface area contributed by atoms with E-state index in [0.29, 0.717) is 0 Å². The van der Waals surface area contributed by atoms with E-state index in [9.17, 15) is 0 Å². The van der Waals surface area contributed by atoms with Crippen LogP contribution < -0.4 is 5.73 Å². The summed E-state index contributed by atoms with van der Waals surface area (Å²) in [6.45, 7) is 5.43. The first-order valence-electron chi connectivity index (χ1n) is 7.82. The fourth-order valence-electron chi connectivity index (χ4n) is 4.50. The zero-order valence-electron chi connectivity index (χ0n) is 11.7. The second-order valence-electron chi connectivity index (χ2n) is 6.77. The first-order valence-corrected chi connectivity index (χ1v) is 7.82. The topological polar surface area (TPSA) is 38.5 Å². The predicted octanol–water partition coefficient (Wildman–Crippen LogP) is 2.15. The lowest BCUT2D eigenvalue weighted by Gasteiger charge is -2.43. The minimum Gasteiger partial charge on any atom is -0.375 e. The highest BCUT2D eigenvalue weighted by molar-refractivity contribution is 4.97. The van der Waals surface area contributed by atoms with E-state index in [1.165, 1.54) is 51.5 Å². The molecule has 104 valence electrons. The highest BCUT2D eigenvalue weighted by atomic mass is 16.5. The Labute approximate surface area is 111 Å². The summed E-state index contributed by atoms with van der Waals surface area (Å²) in [6.07, 6.45) is 9.12. The van der Waals surface area contributed by atoms with Crippen molar-refractivity contribution in [2.45, 2.75) is 69.6 Å². The van der Waals surface area contributed by atoms with Crippen LogP contribution in [-0.4, -0.2) is 42.3 Å². The molecule has 3 aliphatic rings. The first-order chi connectivity index (χ1) is 8.72. The number of rotatable bonds is 2. The molecule has 3 rings (SSSR count). The van der Waals surface area contributed by atoms with Crippen LogP contribution in [0.4, 0.5) is 0 Å². The fourth-order valence-corrected chi connectivity index (χ4v) is 4.50. The standard InChI is InChI=1S/C15H28N2O/c1-12-8-13(10-16)11-17(12)14-4-7-18-15(9-14)5-2-3-6-15/h12-14H,2-11,16H2,1H3. The fraction of sp³-hybridized carbons (Fsp3) is 1.00. The van der Waals surface area contributed by atoms with Gasteiger partial charge in [0.1, 0.15) is 0 Å². The molecule has 3 fully saturated rings. The van der Waals surface area contributed by atoms with E-state index in [4.69, 9.17) is 10.5 Å². The van der Waals surface area contributed by atoms with Crippen LogP contribution in [0.5, 0.6) is 0 Å². The Balaban J connectivity index is 1.65. The van der Waals surface area contributed by atoms with Crippen LogP contribution >= 0.6 is 0 Å². The maximum Gasteiger partial charge on any atom is 0.0697 e. The zero-order valence-corrected chi connectivity index (χ0v) is 11.7. The van der Waals surface area contributed by atoms with E-state index in [1.54, 1.807) is 0 Å². The molecular formula is C15H28N2O. The lowest BCUT2D eigenvalue weighted by atomic mass is 9.88. The molecule has 2 aliphatic heterocycles. The van der Waals surface area contributed by atoms with E-state index >= 15 is 0 Å². The molecule has 3 unspecified atom stereocenters. The molecule has 2 saturated heterocycles. The Hall–Kier alpha value is -0.120. The van der Waals surface area contributed by atoms with Crippen LogP contribution in [-0.2, 0) is 4.74 Å². The quantitative estimate of drug-likeness (QED) is 0.818. The summed E-state index contributed by atoms with van der Waals surface area (Å²) < 4.78 is 6.15. The van der Waals surface area contributed by atoms with E-state index in [2.05, 4.69) is 11.8 Å². The SMILES string of the molecule is CC1CC(CN)CN1C1CCOC2(CCCC2)C1. The van der Waals surface area contributed by atoms with Crippen molar-refractivity contribution in [1.82, 2.24) is 4.90 Å². The average Bonchev–Trinajstić information content (AvgIpc) is 2.97. The predicted molar refractivity (Wildman–Crippen MR) is 73.5 cm³/mol. The summed E-state index contributed by atoms with van der Waals surface area (Å²) in [5.41, 5.74) is 6.11. The molecule has 0 aromatic rings. The summed E-state index contributed by atoms with van der Waals surface area (Å²) in [7, 11) is 0. The molecule has 18 heavy (non-hydrogen) atoms. The number of ether oxygens (including phenoxy) is 1. The van der Waals surface area contributed by atoms with Gasteiger partial charge in [0.15, 0.2) is 0 Å². The molecule has 2 heterocycles. The van der Waals surface area contributed by atoms with E-state index < -0.39 is 0 Å². The van der Waals surface area contributed by atoms with Gasteiger partial charge in [-0.3, -0.25) is 4.90 Å². The Morgan fingerprint density at radius 3 is 2.78 bits per heavy atom. The molecule has 2 N–H and O–H groups in total. The number of nitrogens with two attached hydrogens (primary N) is 1. The van der Waals surface area contributed by atoms with Crippen LogP contribution in [0, 0.1) is 5.92 Å². The minimum absolute atomic E-state index is 0.253. The van der Waals surface area contributed by atoms with Gasteiger partial charge in [0.2, 0.25) is 0 Å². The Bertz CT molecular complexity index is 288. The number of nitrogens with zero attached hydrogens (tertiary/aromatic N) is 1. The molecule has 0 bridgehead atoms. The maximum absolute atomic E-state index is 6.15. The molecule has 1 spiro atoms. The van der Waals surface area contributed by atoms with Gasteiger partial charge in [-0.05, 0) is 51.5 Å². The van der Waals surface area contributed by atoms with Gasteiger partial charge < -0.3 is 10.5 Å². The summed E-state index contributed by atoms with van der Waals surface area (Å²) in [4.78, 5) is 2.74. The Kier molecular flexibility index (Phi) is 3.65. The van der Waals surface area contributed by atoms with E-state index in [0.717, 1.165) is 31.2 Å². The van der Waals surface area contributed by atoms with Crippen molar-refractivity contribution in [2.24, 2.45) is 11.7 Å². The summed E-state index contributed by atoms with van der Waals surface area (Å²) in [6, 6.07) is 1.48. The molecule has 3 nitrogen and oxygen atoms in total. The molecule has 1 aliphatic carbocycles.